The maximum Gasteiger partial charge on any atom is 0.299 e. The van der Waals surface area contributed by atoms with E-state index in [0.29, 0.717) is 11.6 Å². The number of hydrogen-bond donors (Lipinski definition) is 2. The zero-order valence-electron chi connectivity index (χ0n) is 5.74. The Kier molecular flexibility index (Phi) is 1.62. The highest BCUT2D eigenvalue weighted by Crippen LogP contribution is 2.08. The van der Waals surface area contributed by atoms with Crippen LogP contribution in [0.1, 0.15) is 0 Å². The second-order valence-corrected chi connectivity index (χ2v) is 1.90. The van der Waals surface area contributed by atoms with E-state index in [1.54, 1.807) is 25.4 Å². The lowest BCUT2D eigenvalue weighted by molar-refractivity contribution is -0.623. The molecule has 54 valence electrons. The van der Waals surface area contributed by atoms with Gasteiger partial charge >= 0.3 is 0 Å². The molecule has 1 aromatic heterocycles. The lowest BCUT2D eigenvalue weighted by Crippen LogP contribution is -2.46. The Hall–Kier alpha value is -1.45. The Bertz CT molecular complexity index is 236. The molecule has 0 bridgehead atoms. The molecule has 0 unspecified atom stereocenters. The topological polar surface area (TPSA) is 65.1 Å². The molecule has 1 rings (SSSR count). The quantitative estimate of drug-likeness (QED) is 0.399. The predicted octanol–water partition coefficient (Wildman–Crippen LogP) is -0.721. The van der Waals surface area contributed by atoms with Gasteiger partial charge in [-0.3, -0.25) is 11.6 Å². The molecular weight excluding hydrogens is 130 g/mol. The standard InChI is InChI=1S/C6H9N3O/c1-10-5-2-3-9(8)6(7)4-5/h2-4,7H,8H2,1H3/p+1. The normalized spacial score (nSPS) is 9.30. The number of nitrogens with zero attached hydrogens (tertiary/aromatic N) is 1. The van der Waals surface area contributed by atoms with Crippen molar-refractivity contribution in [2.75, 3.05) is 18.7 Å². The number of nitrogens with two attached hydrogens (primary N) is 2. The molecule has 0 spiro atoms. The van der Waals surface area contributed by atoms with Gasteiger partial charge in [0.05, 0.1) is 13.2 Å². The number of pyridine rings is 1. The van der Waals surface area contributed by atoms with E-state index < -0.39 is 0 Å². The molecule has 0 aliphatic heterocycles. The first kappa shape index (κ1) is 6.67. The highest BCUT2D eigenvalue weighted by Gasteiger charge is 2.00. The third-order valence-electron chi connectivity index (χ3n) is 1.22. The smallest absolute Gasteiger partial charge is 0.299 e. The zero-order chi connectivity index (χ0) is 7.56. The molecule has 4 heteroatoms. The highest BCUT2D eigenvalue weighted by molar-refractivity contribution is 5.30. The van der Waals surface area contributed by atoms with E-state index >= 15 is 0 Å². The van der Waals surface area contributed by atoms with Crippen LogP contribution in [0, 0.1) is 0 Å². The molecule has 0 aliphatic carbocycles. The summed E-state index contributed by atoms with van der Waals surface area (Å²) < 4.78 is 6.22. The summed E-state index contributed by atoms with van der Waals surface area (Å²) >= 11 is 0. The minimum absolute atomic E-state index is 0.472. The summed E-state index contributed by atoms with van der Waals surface area (Å²) in [6, 6.07) is 3.39. The minimum Gasteiger partial charge on any atom is -0.496 e. The van der Waals surface area contributed by atoms with E-state index in [1.165, 1.54) is 4.68 Å². The summed E-state index contributed by atoms with van der Waals surface area (Å²) in [5, 5.41) is 0. The monoisotopic (exact) mass is 140 g/mol. The number of anilines is 1. The van der Waals surface area contributed by atoms with Crippen molar-refractivity contribution < 1.29 is 9.41 Å². The van der Waals surface area contributed by atoms with Crippen LogP contribution in [0.4, 0.5) is 5.82 Å². The molecule has 0 fully saturated rings. The average Bonchev–Trinajstić information content (AvgIpc) is 1.95. The predicted molar refractivity (Wildman–Crippen MR) is 37.8 cm³/mol. The van der Waals surface area contributed by atoms with Gasteiger partial charge in [-0.25, -0.2) is 0 Å². The van der Waals surface area contributed by atoms with E-state index in [0.717, 1.165) is 0 Å². The summed E-state index contributed by atoms with van der Waals surface area (Å²) in [5.41, 5.74) is 5.45. The molecule has 10 heavy (non-hydrogen) atoms. The Labute approximate surface area is 59.0 Å². The maximum absolute atomic E-state index is 5.45. The Morgan fingerprint density at radius 1 is 1.60 bits per heavy atom. The molecule has 0 saturated heterocycles. The minimum atomic E-state index is 0.472. The van der Waals surface area contributed by atoms with Gasteiger partial charge in [-0.1, -0.05) is 0 Å². The van der Waals surface area contributed by atoms with Crippen molar-refractivity contribution in [2.24, 2.45) is 0 Å². The molecule has 0 saturated carbocycles. The molecule has 0 amide bonds. The van der Waals surface area contributed by atoms with Gasteiger partial charge in [-0.05, 0) is 0 Å². The molecule has 4 nitrogen and oxygen atoms in total. The number of rotatable bonds is 1. The van der Waals surface area contributed by atoms with Gasteiger partial charge in [0.1, 0.15) is 11.9 Å². The number of hydrogen-bond acceptors (Lipinski definition) is 3. The molecule has 0 aromatic carbocycles. The van der Waals surface area contributed by atoms with E-state index in [4.69, 9.17) is 16.3 Å². The lowest BCUT2D eigenvalue weighted by Gasteiger charge is -1.98. The van der Waals surface area contributed by atoms with Gasteiger partial charge < -0.3 is 4.74 Å². The molecule has 0 radical (unpaired) electrons. The maximum atomic E-state index is 5.45. The van der Waals surface area contributed by atoms with Crippen LogP contribution in [0.5, 0.6) is 5.75 Å². The van der Waals surface area contributed by atoms with E-state index in [9.17, 15) is 0 Å². The fraction of sp³-hybridized carbons (Fsp3) is 0.167. The van der Waals surface area contributed by atoms with Gasteiger partial charge in [0, 0.05) is 6.07 Å². The van der Waals surface area contributed by atoms with Gasteiger partial charge in [0.15, 0.2) is 0 Å². The van der Waals surface area contributed by atoms with Crippen LogP contribution in [0.2, 0.25) is 0 Å². The van der Waals surface area contributed by atoms with Crippen molar-refractivity contribution in [2.45, 2.75) is 0 Å². The van der Waals surface area contributed by atoms with Crippen molar-refractivity contribution in [3.8, 4) is 5.75 Å². The molecule has 4 N–H and O–H groups in total. The second-order valence-electron chi connectivity index (χ2n) is 1.90. The van der Waals surface area contributed by atoms with Crippen molar-refractivity contribution in [3.05, 3.63) is 18.3 Å². The summed E-state index contributed by atoms with van der Waals surface area (Å²) in [4.78, 5) is 0. The zero-order valence-corrected chi connectivity index (χ0v) is 5.74. The summed E-state index contributed by atoms with van der Waals surface area (Å²) in [5.74, 6) is 6.56. The molecular formula is C6H10N3O+. The fourth-order valence-electron chi connectivity index (χ4n) is 0.635. The van der Waals surface area contributed by atoms with Gasteiger partial charge in [-0.15, -0.1) is 4.68 Å². The Morgan fingerprint density at radius 2 is 2.30 bits per heavy atom. The van der Waals surface area contributed by atoms with Crippen molar-refractivity contribution in [1.82, 2.24) is 0 Å². The van der Waals surface area contributed by atoms with Gasteiger partial charge in [0.25, 0.3) is 5.82 Å². The lowest BCUT2D eigenvalue weighted by atomic mass is 10.4. The summed E-state index contributed by atoms with van der Waals surface area (Å²) in [6.07, 6.45) is 1.63. The molecule has 0 aliphatic rings. The SMILES string of the molecule is COc1cc[n+](N)c(N)c1. The van der Waals surface area contributed by atoms with E-state index in [1.807, 2.05) is 0 Å². The number of methoxy groups -OCH3 is 1. The second kappa shape index (κ2) is 2.43. The molecule has 1 aromatic rings. The third kappa shape index (κ3) is 1.10. The fourth-order valence-corrected chi connectivity index (χ4v) is 0.635. The van der Waals surface area contributed by atoms with Gasteiger partial charge in [0.2, 0.25) is 0 Å². The van der Waals surface area contributed by atoms with Crippen LogP contribution in [-0.4, -0.2) is 7.11 Å². The van der Waals surface area contributed by atoms with Gasteiger partial charge in [-0.2, -0.15) is 0 Å². The molecule has 0 atom stereocenters. The third-order valence-corrected chi connectivity index (χ3v) is 1.22. The van der Waals surface area contributed by atoms with Crippen LogP contribution >= 0.6 is 0 Å². The van der Waals surface area contributed by atoms with E-state index in [2.05, 4.69) is 0 Å². The Balaban J connectivity index is 3.04. The summed E-state index contributed by atoms with van der Waals surface area (Å²) in [7, 11) is 1.58. The van der Waals surface area contributed by atoms with Crippen LogP contribution in [0.3, 0.4) is 0 Å². The highest BCUT2D eigenvalue weighted by atomic mass is 16.5. The van der Waals surface area contributed by atoms with Crippen molar-refractivity contribution >= 4 is 5.82 Å². The van der Waals surface area contributed by atoms with Crippen LogP contribution < -0.4 is 21.0 Å². The van der Waals surface area contributed by atoms with E-state index in [-0.39, 0.29) is 0 Å². The first-order chi connectivity index (χ1) is 4.74. The van der Waals surface area contributed by atoms with Crippen LogP contribution in [0.25, 0.3) is 0 Å². The first-order valence-electron chi connectivity index (χ1n) is 2.84. The Morgan fingerprint density at radius 3 is 2.80 bits per heavy atom. The number of ether oxygens (including phenoxy) is 1. The largest absolute Gasteiger partial charge is 0.496 e. The van der Waals surface area contributed by atoms with Crippen molar-refractivity contribution in [3.63, 3.8) is 0 Å². The average molecular weight is 140 g/mol. The number of aromatic nitrogens is 1. The molecule has 1 heterocycles. The summed E-state index contributed by atoms with van der Waals surface area (Å²) in [6.45, 7) is 0. The van der Waals surface area contributed by atoms with Crippen LogP contribution in [0.15, 0.2) is 18.3 Å². The first-order valence-corrected chi connectivity index (χ1v) is 2.84. The van der Waals surface area contributed by atoms with Crippen molar-refractivity contribution in [1.29, 1.82) is 0 Å². The van der Waals surface area contributed by atoms with Crippen LogP contribution in [-0.2, 0) is 0 Å². The number of nitrogen functional groups attached to an aromatic ring is 2.